The molecule has 1 heterocycles. The minimum Gasteiger partial charge on any atom is -0.300 e. The lowest BCUT2D eigenvalue weighted by Crippen LogP contribution is -2.44. The Kier molecular flexibility index (Phi) is 5.90. The second-order valence-electron chi connectivity index (χ2n) is 9.64. The van der Waals surface area contributed by atoms with Crippen molar-refractivity contribution in [3.63, 3.8) is 0 Å². The molecule has 1 heteroatoms. The van der Waals surface area contributed by atoms with E-state index in [0.29, 0.717) is 5.41 Å². The molecule has 2 aliphatic carbocycles. The average molecular weight is 330 g/mol. The maximum Gasteiger partial charge on any atom is 0.00954 e. The van der Waals surface area contributed by atoms with Crippen LogP contribution in [-0.2, 0) is 0 Å². The van der Waals surface area contributed by atoms with Gasteiger partial charge in [0.15, 0.2) is 0 Å². The van der Waals surface area contributed by atoms with Crippen LogP contribution in [0.15, 0.2) is 23.8 Å². The third-order valence-corrected chi connectivity index (χ3v) is 7.24. The highest BCUT2D eigenvalue weighted by molar-refractivity contribution is 5.24. The Balaban J connectivity index is 1.43. The summed E-state index contributed by atoms with van der Waals surface area (Å²) < 4.78 is 0. The third kappa shape index (κ3) is 4.54. The van der Waals surface area contributed by atoms with Crippen LogP contribution in [0.2, 0.25) is 0 Å². The zero-order chi connectivity index (χ0) is 17.2. The number of nitrogens with zero attached hydrogens (tertiary/aromatic N) is 1. The molecule has 0 spiro atoms. The van der Waals surface area contributed by atoms with Crippen molar-refractivity contribution in [3.8, 4) is 0 Å². The largest absolute Gasteiger partial charge is 0.300 e. The first-order valence-corrected chi connectivity index (χ1v) is 10.6. The molecule has 1 saturated heterocycles. The second kappa shape index (κ2) is 7.77. The number of hydrogen-bond acceptors (Lipinski definition) is 1. The van der Waals surface area contributed by atoms with Crippen LogP contribution in [0.3, 0.4) is 0 Å². The second-order valence-corrected chi connectivity index (χ2v) is 9.64. The fourth-order valence-electron chi connectivity index (χ4n) is 5.33. The molecule has 0 aromatic carbocycles. The van der Waals surface area contributed by atoms with Gasteiger partial charge >= 0.3 is 0 Å². The van der Waals surface area contributed by atoms with E-state index in [-0.39, 0.29) is 0 Å². The molecule has 0 aromatic heterocycles. The molecular formula is C23H39N. The van der Waals surface area contributed by atoms with Gasteiger partial charge in [-0.05, 0) is 94.5 Å². The van der Waals surface area contributed by atoms with Crippen molar-refractivity contribution in [2.24, 2.45) is 23.2 Å². The molecule has 0 amide bonds. The lowest BCUT2D eigenvalue weighted by molar-refractivity contribution is 0.0778. The topological polar surface area (TPSA) is 3.24 Å². The molecule has 1 saturated carbocycles. The number of allylic oxidation sites excluding steroid dienone is 4. The number of hydrogen-bond donors (Lipinski definition) is 0. The number of likely N-dealkylation sites (tertiary alicyclic amines) is 1. The SMILES string of the molecule is CC1=CC[C@@](C)(CC2CCN(C3CCC(C(C)C)CC3)CC2)C=C1. The van der Waals surface area contributed by atoms with Crippen molar-refractivity contribution in [1.82, 2.24) is 4.90 Å². The van der Waals surface area contributed by atoms with E-state index in [9.17, 15) is 0 Å². The van der Waals surface area contributed by atoms with Crippen molar-refractivity contribution in [3.05, 3.63) is 23.8 Å². The molecular weight excluding hydrogens is 290 g/mol. The van der Waals surface area contributed by atoms with Gasteiger partial charge in [-0.1, -0.05) is 44.6 Å². The highest BCUT2D eigenvalue weighted by Gasteiger charge is 2.32. The molecule has 0 N–H and O–H groups in total. The summed E-state index contributed by atoms with van der Waals surface area (Å²) in [5.74, 6) is 2.82. The Hall–Kier alpha value is -0.560. The highest BCUT2D eigenvalue weighted by atomic mass is 15.2. The molecule has 2 fully saturated rings. The molecule has 24 heavy (non-hydrogen) atoms. The summed E-state index contributed by atoms with van der Waals surface area (Å²) in [5, 5.41) is 0. The maximum absolute atomic E-state index is 2.84. The van der Waals surface area contributed by atoms with Gasteiger partial charge in [0.2, 0.25) is 0 Å². The molecule has 0 unspecified atom stereocenters. The molecule has 0 aromatic rings. The minimum atomic E-state index is 0.418. The van der Waals surface area contributed by atoms with Gasteiger partial charge < -0.3 is 4.90 Å². The van der Waals surface area contributed by atoms with E-state index < -0.39 is 0 Å². The summed E-state index contributed by atoms with van der Waals surface area (Å²) in [4.78, 5) is 2.84. The zero-order valence-electron chi connectivity index (χ0n) is 16.6. The predicted octanol–water partition coefficient (Wildman–Crippen LogP) is 6.22. The van der Waals surface area contributed by atoms with Gasteiger partial charge in [0.1, 0.15) is 0 Å². The van der Waals surface area contributed by atoms with Gasteiger partial charge in [0.05, 0.1) is 0 Å². The number of rotatable bonds is 4. The van der Waals surface area contributed by atoms with Crippen LogP contribution >= 0.6 is 0 Å². The van der Waals surface area contributed by atoms with Crippen LogP contribution in [0.25, 0.3) is 0 Å². The van der Waals surface area contributed by atoms with Crippen LogP contribution in [0, 0.1) is 23.2 Å². The van der Waals surface area contributed by atoms with Crippen LogP contribution in [-0.4, -0.2) is 24.0 Å². The molecule has 1 atom stereocenters. The van der Waals surface area contributed by atoms with Crippen molar-refractivity contribution in [2.75, 3.05) is 13.1 Å². The molecule has 0 radical (unpaired) electrons. The first-order chi connectivity index (χ1) is 11.5. The van der Waals surface area contributed by atoms with Crippen LogP contribution in [0.4, 0.5) is 0 Å². The first kappa shape index (κ1) is 18.2. The summed E-state index contributed by atoms with van der Waals surface area (Å²) >= 11 is 0. The van der Waals surface area contributed by atoms with E-state index in [2.05, 4.69) is 50.8 Å². The van der Waals surface area contributed by atoms with E-state index in [4.69, 9.17) is 0 Å². The lowest BCUT2D eigenvalue weighted by atomic mass is 9.73. The highest BCUT2D eigenvalue weighted by Crippen LogP contribution is 2.40. The van der Waals surface area contributed by atoms with Gasteiger partial charge in [-0.15, -0.1) is 0 Å². The Morgan fingerprint density at radius 1 is 1.08 bits per heavy atom. The normalized spacial score (nSPS) is 36.1. The molecule has 1 nitrogen and oxygen atoms in total. The minimum absolute atomic E-state index is 0.418. The summed E-state index contributed by atoms with van der Waals surface area (Å²) in [5.41, 5.74) is 1.86. The van der Waals surface area contributed by atoms with E-state index in [1.807, 2.05) is 0 Å². The fraction of sp³-hybridized carbons (Fsp3) is 0.826. The van der Waals surface area contributed by atoms with E-state index in [0.717, 1.165) is 23.8 Å². The standard InChI is InChI=1S/C23H39N/c1-18(2)21-5-7-22(8-6-21)24-15-11-20(12-16-24)17-23(4)13-9-19(3)10-14-23/h9-10,13,18,20-22H,5-8,11-12,14-17H2,1-4H3/t21?,22?,23-/m0/s1. The van der Waals surface area contributed by atoms with Crippen molar-refractivity contribution in [1.29, 1.82) is 0 Å². The Bertz CT molecular complexity index is 458. The van der Waals surface area contributed by atoms with Crippen LogP contribution < -0.4 is 0 Å². The molecule has 3 rings (SSSR count). The van der Waals surface area contributed by atoms with E-state index in [1.54, 1.807) is 0 Å². The number of piperidine rings is 1. The zero-order valence-corrected chi connectivity index (χ0v) is 16.6. The Labute approximate surface area is 150 Å². The lowest BCUT2D eigenvalue weighted by Gasteiger charge is -2.43. The van der Waals surface area contributed by atoms with Gasteiger partial charge in [-0.25, -0.2) is 0 Å². The van der Waals surface area contributed by atoms with Crippen molar-refractivity contribution >= 4 is 0 Å². The van der Waals surface area contributed by atoms with E-state index in [1.165, 1.54) is 70.0 Å². The Morgan fingerprint density at radius 2 is 1.75 bits per heavy atom. The molecule has 136 valence electrons. The fourth-order valence-corrected chi connectivity index (χ4v) is 5.33. The third-order valence-electron chi connectivity index (χ3n) is 7.24. The van der Waals surface area contributed by atoms with Gasteiger partial charge in [-0.2, -0.15) is 0 Å². The van der Waals surface area contributed by atoms with Crippen LogP contribution in [0.1, 0.15) is 79.1 Å². The monoisotopic (exact) mass is 329 g/mol. The summed E-state index contributed by atoms with van der Waals surface area (Å²) in [7, 11) is 0. The van der Waals surface area contributed by atoms with Gasteiger partial charge in [0.25, 0.3) is 0 Å². The molecule has 0 bridgehead atoms. The quantitative estimate of drug-likeness (QED) is 0.592. The summed E-state index contributed by atoms with van der Waals surface area (Å²) in [6.07, 6.45) is 18.6. The summed E-state index contributed by atoms with van der Waals surface area (Å²) in [6, 6.07) is 0.900. The molecule has 1 aliphatic heterocycles. The van der Waals surface area contributed by atoms with Crippen molar-refractivity contribution in [2.45, 2.75) is 85.1 Å². The first-order valence-electron chi connectivity index (χ1n) is 10.6. The Morgan fingerprint density at radius 3 is 2.29 bits per heavy atom. The average Bonchev–Trinajstić information content (AvgIpc) is 2.59. The van der Waals surface area contributed by atoms with Gasteiger partial charge in [0, 0.05) is 6.04 Å². The predicted molar refractivity (Wildman–Crippen MR) is 105 cm³/mol. The van der Waals surface area contributed by atoms with Crippen LogP contribution in [0.5, 0.6) is 0 Å². The molecule has 3 aliphatic rings. The maximum atomic E-state index is 2.84. The summed E-state index contributed by atoms with van der Waals surface area (Å²) in [6.45, 7) is 12.2. The van der Waals surface area contributed by atoms with Gasteiger partial charge in [-0.3, -0.25) is 0 Å². The smallest absolute Gasteiger partial charge is 0.00954 e. The van der Waals surface area contributed by atoms with E-state index >= 15 is 0 Å². The van der Waals surface area contributed by atoms with Crippen molar-refractivity contribution < 1.29 is 0 Å².